The van der Waals surface area contributed by atoms with E-state index < -0.39 is 11.9 Å². The minimum absolute atomic E-state index is 0.184. The van der Waals surface area contributed by atoms with Crippen molar-refractivity contribution < 1.29 is 23.9 Å². The fraction of sp³-hybridized carbons (Fsp3) is 0.304. The lowest BCUT2D eigenvalue weighted by molar-refractivity contribution is -0.137. The first-order valence-electron chi connectivity index (χ1n) is 10.5. The van der Waals surface area contributed by atoms with Crippen LogP contribution in [0.2, 0.25) is 10.0 Å². The van der Waals surface area contributed by atoms with Gasteiger partial charge in [0.1, 0.15) is 11.8 Å². The molecule has 2 aromatic rings. The number of fused-ring (bicyclic) bond motifs is 1. The van der Waals surface area contributed by atoms with E-state index in [2.05, 4.69) is 10.6 Å². The van der Waals surface area contributed by atoms with Gasteiger partial charge in [0.25, 0.3) is 5.91 Å². The topological polar surface area (TPSA) is 105 Å². The van der Waals surface area contributed by atoms with Gasteiger partial charge in [-0.15, -0.1) is 0 Å². The highest BCUT2D eigenvalue weighted by molar-refractivity contribution is 6.35. The van der Waals surface area contributed by atoms with E-state index in [0.717, 1.165) is 0 Å². The van der Waals surface area contributed by atoms with Gasteiger partial charge in [0.05, 0.1) is 11.6 Å². The van der Waals surface area contributed by atoms with E-state index in [1.807, 2.05) is 0 Å². The maximum atomic E-state index is 12.9. The Bertz CT molecular complexity index is 1140. The number of carbonyl (C=O) groups is 4. The first kappa shape index (κ1) is 23.1. The summed E-state index contributed by atoms with van der Waals surface area (Å²) in [5, 5.41) is 6.04. The largest absolute Gasteiger partial charge is 0.492 e. The van der Waals surface area contributed by atoms with Crippen LogP contribution in [0.4, 0.5) is 5.69 Å². The number of carbonyl (C=O) groups excluding carboxylic acids is 4. The molecule has 0 radical (unpaired) electrons. The number of anilines is 1. The summed E-state index contributed by atoms with van der Waals surface area (Å²) in [6.45, 7) is 0.485. The van der Waals surface area contributed by atoms with Gasteiger partial charge in [0, 0.05) is 41.2 Å². The zero-order chi connectivity index (χ0) is 23.5. The fourth-order valence-corrected chi connectivity index (χ4v) is 4.39. The molecule has 10 heteroatoms. The van der Waals surface area contributed by atoms with Crippen molar-refractivity contribution in [3.63, 3.8) is 0 Å². The van der Waals surface area contributed by atoms with Crippen LogP contribution >= 0.6 is 23.2 Å². The van der Waals surface area contributed by atoms with Crippen molar-refractivity contribution in [2.45, 2.75) is 38.3 Å². The van der Waals surface area contributed by atoms with E-state index in [1.165, 1.54) is 4.90 Å². The Morgan fingerprint density at radius 1 is 1.18 bits per heavy atom. The summed E-state index contributed by atoms with van der Waals surface area (Å²) < 4.78 is 5.60. The Morgan fingerprint density at radius 2 is 2.00 bits per heavy atom. The molecule has 2 aliphatic heterocycles. The second-order valence-corrected chi connectivity index (χ2v) is 8.65. The molecule has 0 spiro atoms. The van der Waals surface area contributed by atoms with E-state index in [9.17, 15) is 19.2 Å². The lowest BCUT2D eigenvalue weighted by Crippen LogP contribution is -2.52. The standard InChI is InChI=1S/C23H21Cl2N3O5/c24-13-6-8-19(16(25)11-13)33-10-2-5-20(29)26-17-4-1-3-14-15(17)12-28(23(14)32)18-7-9-21(30)27-22(18)31/h1,3-4,6,8,11,18H,2,5,7,9-10,12H2,(H,26,29)(H,27,30,31). The zero-order valence-corrected chi connectivity index (χ0v) is 19.0. The number of amides is 4. The van der Waals surface area contributed by atoms with Gasteiger partial charge < -0.3 is 15.0 Å². The second-order valence-electron chi connectivity index (χ2n) is 7.81. The summed E-state index contributed by atoms with van der Waals surface area (Å²) in [6, 6.07) is 9.30. The Morgan fingerprint density at radius 3 is 2.76 bits per heavy atom. The van der Waals surface area contributed by atoms with Crippen molar-refractivity contribution in [2.75, 3.05) is 11.9 Å². The molecule has 0 aliphatic carbocycles. The molecule has 2 N–H and O–H groups in total. The molecular formula is C23H21Cl2N3O5. The molecule has 8 nitrogen and oxygen atoms in total. The van der Waals surface area contributed by atoms with E-state index in [1.54, 1.807) is 36.4 Å². The van der Waals surface area contributed by atoms with Crippen molar-refractivity contribution in [2.24, 2.45) is 0 Å². The normalized spacial score (nSPS) is 17.6. The molecule has 1 fully saturated rings. The van der Waals surface area contributed by atoms with Crippen LogP contribution in [0.5, 0.6) is 5.75 Å². The van der Waals surface area contributed by atoms with E-state index in [4.69, 9.17) is 27.9 Å². The lowest BCUT2D eigenvalue weighted by Gasteiger charge is -2.29. The summed E-state index contributed by atoms with van der Waals surface area (Å²) in [5.74, 6) is -0.825. The molecule has 4 amide bonds. The predicted molar refractivity (Wildman–Crippen MR) is 122 cm³/mol. The molecule has 1 atom stereocenters. The van der Waals surface area contributed by atoms with Crippen LogP contribution in [0.15, 0.2) is 36.4 Å². The third-order valence-corrected chi connectivity index (χ3v) is 6.09. The molecule has 0 saturated carbocycles. The minimum Gasteiger partial charge on any atom is -0.492 e. The van der Waals surface area contributed by atoms with Gasteiger partial charge in [-0.25, -0.2) is 0 Å². The molecule has 172 valence electrons. The van der Waals surface area contributed by atoms with Gasteiger partial charge >= 0.3 is 0 Å². The lowest BCUT2D eigenvalue weighted by atomic mass is 10.0. The quantitative estimate of drug-likeness (QED) is 0.456. The summed E-state index contributed by atoms with van der Waals surface area (Å²) in [7, 11) is 0. The molecule has 1 unspecified atom stereocenters. The van der Waals surface area contributed by atoms with Crippen molar-refractivity contribution in [3.05, 3.63) is 57.6 Å². The van der Waals surface area contributed by atoms with Crippen molar-refractivity contribution in [1.82, 2.24) is 10.2 Å². The average Bonchev–Trinajstić information content (AvgIpc) is 3.10. The number of benzene rings is 2. The second kappa shape index (κ2) is 9.80. The molecule has 2 aromatic carbocycles. The highest BCUT2D eigenvalue weighted by Crippen LogP contribution is 2.32. The van der Waals surface area contributed by atoms with Crippen LogP contribution in [0, 0.1) is 0 Å². The molecule has 0 aromatic heterocycles. The van der Waals surface area contributed by atoms with Crippen LogP contribution in [0.3, 0.4) is 0 Å². The van der Waals surface area contributed by atoms with Crippen LogP contribution in [0.1, 0.15) is 41.6 Å². The van der Waals surface area contributed by atoms with Gasteiger partial charge in [-0.1, -0.05) is 29.3 Å². The molecule has 33 heavy (non-hydrogen) atoms. The summed E-state index contributed by atoms with van der Waals surface area (Å²) in [5.41, 5.74) is 1.63. The summed E-state index contributed by atoms with van der Waals surface area (Å²) in [6.07, 6.45) is 1.13. The molecule has 2 aliphatic rings. The number of nitrogens with one attached hydrogen (secondary N) is 2. The first-order chi connectivity index (χ1) is 15.8. The highest BCUT2D eigenvalue weighted by atomic mass is 35.5. The summed E-state index contributed by atoms with van der Waals surface area (Å²) >= 11 is 11.9. The minimum atomic E-state index is -0.706. The first-order valence-corrected chi connectivity index (χ1v) is 11.2. The zero-order valence-electron chi connectivity index (χ0n) is 17.5. The number of nitrogens with zero attached hydrogens (tertiary/aromatic N) is 1. The highest BCUT2D eigenvalue weighted by Gasteiger charge is 2.39. The van der Waals surface area contributed by atoms with Crippen LogP contribution < -0.4 is 15.4 Å². The predicted octanol–water partition coefficient (Wildman–Crippen LogP) is 3.55. The average molecular weight is 490 g/mol. The van der Waals surface area contributed by atoms with Gasteiger partial charge in [-0.2, -0.15) is 0 Å². The monoisotopic (exact) mass is 489 g/mol. The number of piperidine rings is 1. The Labute approximate surface area is 200 Å². The van der Waals surface area contributed by atoms with Crippen molar-refractivity contribution >= 4 is 52.5 Å². The van der Waals surface area contributed by atoms with Crippen molar-refractivity contribution in [1.29, 1.82) is 0 Å². The number of rotatable bonds is 7. The van der Waals surface area contributed by atoms with Gasteiger partial charge in [-0.05, 0) is 43.2 Å². The van der Waals surface area contributed by atoms with E-state index in [0.29, 0.717) is 45.6 Å². The maximum absolute atomic E-state index is 12.9. The number of halogens is 2. The van der Waals surface area contributed by atoms with Gasteiger partial charge in [0.15, 0.2) is 0 Å². The number of imide groups is 1. The van der Waals surface area contributed by atoms with Gasteiger partial charge in [0.2, 0.25) is 17.7 Å². The third-order valence-electron chi connectivity index (χ3n) is 5.56. The fourth-order valence-electron chi connectivity index (χ4n) is 3.92. The number of hydrogen-bond donors (Lipinski definition) is 2. The van der Waals surface area contributed by atoms with Gasteiger partial charge in [-0.3, -0.25) is 24.5 Å². The Hall–Kier alpha value is -3.10. The van der Waals surface area contributed by atoms with E-state index >= 15 is 0 Å². The number of hydrogen-bond acceptors (Lipinski definition) is 5. The van der Waals surface area contributed by atoms with Crippen LogP contribution in [-0.4, -0.2) is 41.2 Å². The Balaban J connectivity index is 1.34. The SMILES string of the molecule is O=C1CCC(N2Cc3c(NC(=O)CCCOc4ccc(Cl)cc4Cl)cccc3C2=O)C(=O)N1. The molecule has 1 saturated heterocycles. The molecular weight excluding hydrogens is 469 g/mol. The number of ether oxygens (including phenoxy) is 1. The Kier molecular flexibility index (Phi) is 6.85. The van der Waals surface area contributed by atoms with Crippen molar-refractivity contribution in [3.8, 4) is 5.75 Å². The molecule has 2 heterocycles. The smallest absolute Gasteiger partial charge is 0.255 e. The summed E-state index contributed by atoms with van der Waals surface area (Å²) in [4.78, 5) is 50.4. The molecule has 0 bridgehead atoms. The molecule has 4 rings (SSSR count). The maximum Gasteiger partial charge on any atom is 0.255 e. The third kappa shape index (κ3) is 5.12. The van der Waals surface area contributed by atoms with Crippen LogP contribution in [-0.2, 0) is 20.9 Å². The van der Waals surface area contributed by atoms with E-state index in [-0.39, 0.29) is 43.5 Å². The van der Waals surface area contributed by atoms with Crippen LogP contribution in [0.25, 0.3) is 0 Å².